The lowest BCUT2D eigenvalue weighted by atomic mass is 9.87. The molecular formula is C18H21NO3. The van der Waals surface area contributed by atoms with Gasteiger partial charge in [-0.1, -0.05) is 60.7 Å². The Kier molecular flexibility index (Phi) is 5.31. The van der Waals surface area contributed by atoms with Crippen LogP contribution in [0.15, 0.2) is 60.7 Å². The Morgan fingerprint density at radius 1 is 1.09 bits per heavy atom. The molecule has 3 N–H and O–H groups in total. The van der Waals surface area contributed by atoms with Crippen molar-refractivity contribution in [2.24, 2.45) is 5.73 Å². The molecule has 2 rings (SSSR count). The molecule has 0 heterocycles. The summed E-state index contributed by atoms with van der Waals surface area (Å²) in [6.07, 6.45) is -0.399. The molecule has 0 saturated heterocycles. The molecule has 116 valence electrons. The number of nitrogens with two attached hydrogens (primary N) is 1. The monoisotopic (exact) mass is 299 g/mol. The summed E-state index contributed by atoms with van der Waals surface area (Å²) in [5.74, 6) is -1.06. The Labute approximate surface area is 130 Å². The van der Waals surface area contributed by atoms with Crippen LogP contribution in [0.3, 0.4) is 0 Å². The van der Waals surface area contributed by atoms with Crippen molar-refractivity contribution >= 4 is 5.97 Å². The predicted molar refractivity (Wildman–Crippen MR) is 85.4 cm³/mol. The maximum Gasteiger partial charge on any atom is 0.326 e. The van der Waals surface area contributed by atoms with Gasteiger partial charge in [0.15, 0.2) is 0 Å². The molecule has 2 atom stereocenters. The molecule has 4 heteroatoms. The Morgan fingerprint density at radius 3 is 2.09 bits per heavy atom. The predicted octanol–water partition coefficient (Wildman–Crippen LogP) is 2.62. The van der Waals surface area contributed by atoms with Gasteiger partial charge in [-0.2, -0.15) is 0 Å². The van der Waals surface area contributed by atoms with Crippen LogP contribution < -0.4 is 5.73 Å². The number of hydrogen-bond donors (Lipinski definition) is 2. The zero-order chi connectivity index (χ0) is 16.0. The van der Waals surface area contributed by atoms with E-state index in [2.05, 4.69) is 0 Å². The van der Waals surface area contributed by atoms with Crippen molar-refractivity contribution in [3.63, 3.8) is 0 Å². The topological polar surface area (TPSA) is 72.5 Å². The van der Waals surface area contributed by atoms with Crippen LogP contribution >= 0.6 is 0 Å². The maximum atomic E-state index is 11.7. The third kappa shape index (κ3) is 3.93. The van der Waals surface area contributed by atoms with E-state index >= 15 is 0 Å². The van der Waals surface area contributed by atoms with E-state index in [-0.39, 0.29) is 6.42 Å². The van der Waals surface area contributed by atoms with Crippen LogP contribution in [0, 0.1) is 0 Å². The van der Waals surface area contributed by atoms with Gasteiger partial charge in [0.2, 0.25) is 0 Å². The third-order valence-electron chi connectivity index (χ3n) is 3.81. The minimum absolute atomic E-state index is 0.221. The number of carbonyl (C=O) groups is 1. The van der Waals surface area contributed by atoms with Crippen LogP contribution in [0.4, 0.5) is 0 Å². The van der Waals surface area contributed by atoms with Gasteiger partial charge in [-0.15, -0.1) is 0 Å². The molecule has 22 heavy (non-hydrogen) atoms. The Hall–Kier alpha value is -2.17. The molecule has 0 saturated carbocycles. The first-order valence-electron chi connectivity index (χ1n) is 7.24. The SMILES string of the molecule is C[C@H](OCc1ccccc1)[C@](N)(Cc1ccccc1)C(=O)O. The first-order chi connectivity index (χ1) is 10.5. The second-order valence-electron chi connectivity index (χ2n) is 5.45. The van der Waals surface area contributed by atoms with Crippen LogP contribution in [-0.2, 0) is 22.6 Å². The van der Waals surface area contributed by atoms with Gasteiger partial charge in [-0.3, -0.25) is 4.79 Å². The summed E-state index contributed by atoms with van der Waals surface area (Å²) in [5, 5.41) is 9.56. The van der Waals surface area contributed by atoms with Crippen LogP contribution in [0.25, 0.3) is 0 Å². The first-order valence-corrected chi connectivity index (χ1v) is 7.24. The average Bonchev–Trinajstić information content (AvgIpc) is 2.54. The third-order valence-corrected chi connectivity index (χ3v) is 3.81. The summed E-state index contributed by atoms with van der Waals surface area (Å²) in [7, 11) is 0. The average molecular weight is 299 g/mol. The molecule has 2 aromatic carbocycles. The standard InChI is InChI=1S/C18H21NO3/c1-14(22-13-16-10-6-3-7-11-16)18(19,17(20)21)12-15-8-4-2-5-9-15/h2-11,14H,12-13,19H2,1H3,(H,20,21)/t14-,18+/m0/s1. The summed E-state index contributed by atoms with van der Waals surface area (Å²) in [6, 6.07) is 19.0. The first kappa shape index (κ1) is 16.2. The zero-order valence-electron chi connectivity index (χ0n) is 12.6. The second-order valence-corrected chi connectivity index (χ2v) is 5.45. The normalized spacial score (nSPS) is 15.0. The molecule has 0 aromatic heterocycles. The van der Waals surface area contributed by atoms with E-state index in [1.807, 2.05) is 60.7 Å². The lowest BCUT2D eigenvalue weighted by Gasteiger charge is -2.31. The Morgan fingerprint density at radius 2 is 1.59 bits per heavy atom. The minimum atomic E-state index is -1.46. The van der Waals surface area contributed by atoms with Crippen LogP contribution in [0.1, 0.15) is 18.1 Å². The van der Waals surface area contributed by atoms with Crippen molar-refractivity contribution in [2.75, 3.05) is 0 Å². The van der Waals surface area contributed by atoms with Gasteiger partial charge in [0, 0.05) is 6.42 Å². The van der Waals surface area contributed by atoms with Crippen LogP contribution in [-0.4, -0.2) is 22.7 Å². The number of ether oxygens (including phenoxy) is 1. The molecule has 0 aliphatic rings. The number of carboxylic acid groups (broad SMARTS) is 1. The van der Waals surface area contributed by atoms with Gasteiger partial charge < -0.3 is 15.6 Å². The molecule has 0 unspecified atom stereocenters. The van der Waals surface area contributed by atoms with Crippen molar-refractivity contribution in [1.29, 1.82) is 0 Å². The largest absolute Gasteiger partial charge is 0.480 e. The minimum Gasteiger partial charge on any atom is -0.480 e. The molecule has 0 bridgehead atoms. The molecule has 4 nitrogen and oxygen atoms in total. The molecular weight excluding hydrogens is 278 g/mol. The van der Waals surface area contributed by atoms with E-state index in [0.29, 0.717) is 6.61 Å². The van der Waals surface area contributed by atoms with Gasteiger partial charge in [0.05, 0.1) is 12.7 Å². The highest BCUT2D eigenvalue weighted by Gasteiger charge is 2.40. The number of aliphatic carboxylic acids is 1. The van der Waals surface area contributed by atoms with Gasteiger partial charge in [-0.25, -0.2) is 0 Å². The van der Waals surface area contributed by atoms with Crippen molar-refractivity contribution in [3.8, 4) is 0 Å². The highest BCUT2D eigenvalue weighted by molar-refractivity contribution is 5.79. The molecule has 2 aromatic rings. The van der Waals surface area contributed by atoms with E-state index in [4.69, 9.17) is 10.5 Å². The van der Waals surface area contributed by atoms with Crippen LogP contribution in [0.5, 0.6) is 0 Å². The molecule has 0 spiro atoms. The highest BCUT2D eigenvalue weighted by atomic mass is 16.5. The summed E-state index contributed by atoms with van der Waals surface area (Å²) in [5.41, 5.74) is 6.56. The highest BCUT2D eigenvalue weighted by Crippen LogP contribution is 2.19. The quantitative estimate of drug-likeness (QED) is 0.824. The molecule has 0 radical (unpaired) electrons. The fraction of sp³-hybridized carbons (Fsp3) is 0.278. The zero-order valence-corrected chi connectivity index (χ0v) is 12.6. The van der Waals surface area contributed by atoms with Gasteiger partial charge in [0.1, 0.15) is 5.54 Å². The lowest BCUT2D eigenvalue weighted by molar-refractivity contribution is -0.150. The second kappa shape index (κ2) is 7.20. The lowest BCUT2D eigenvalue weighted by Crippen LogP contribution is -2.58. The van der Waals surface area contributed by atoms with E-state index in [0.717, 1.165) is 11.1 Å². The smallest absolute Gasteiger partial charge is 0.326 e. The number of carboxylic acids is 1. The maximum absolute atomic E-state index is 11.7. The fourth-order valence-electron chi connectivity index (χ4n) is 2.27. The Balaban J connectivity index is 2.07. The van der Waals surface area contributed by atoms with E-state index in [9.17, 15) is 9.90 Å². The van der Waals surface area contributed by atoms with Gasteiger partial charge >= 0.3 is 5.97 Å². The molecule has 0 amide bonds. The van der Waals surface area contributed by atoms with Gasteiger partial charge in [0.25, 0.3) is 0 Å². The summed E-state index contributed by atoms with van der Waals surface area (Å²) in [6.45, 7) is 2.04. The number of benzene rings is 2. The van der Waals surface area contributed by atoms with Crippen LogP contribution in [0.2, 0.25) is 0 Å². The van der Waals surface area contributed by atoms with Crippen molar-refractivity contribution in [1.82, 2.24) is 0 Å². The Bertz CT molecular complexity index is 600. The fourth-order valence-corrected chi connectivity index (χ4v) is 2.27. The van der Waals surface area contributed by atoms with E-state index in [1.54, 1.807) is 6.92 Å². The van der Waals surface area contributed by atoms with Gasteiger partial charge in [-0.05, 0) is 18.1 Å². The number of rotatable bonds is 7. The van der Waals surface area contributed by atoms with Crippen molar-refractivity contribution in [2.45, 2.75) is 31.6 Å². The molecule has 0 aliphatic carbocycles. The van der Waals surface area contributed by atoms with Crippen molar-refractivity contribution < 1.29 is 14.6 Å². The molecule has 0 aliphatic heterocycles. The van der Waals surface area contributed by atoms with E-state index in [1.165, 1.54) is 0 Å². The summed E-state index contributed by atoms with van der Waals surface area (Å²) in [4.78, 5) is 11.7. The summed E-state index contributed by atoms with van der Waals surface area (Å²) >= 11 is 0. The van der Waals surface area contributed by atoms with E-state index < -0.39 is 17.6 Å². The van der Waals surface area contributed by atoms with Crippen molar-refractivity contribution in [3.05, 3.63) is 71.8 Å². The summed E-state index contributed by atoms with van der Waals surface area (Å²) < 4.78 is 5.72. The number of hydrogen-bond acceptors (Lipinski definition) is 3. The molecule has 0 fully saturated rings.